The molecule has 0 bridgehead atoms. The molecule has 0 amide bonds. The number of nitrogens with zero attached hydrogens (tertiary/aromatic N) is 4. The van der Waals surface area contributed by atoms with E-state index in [1.807, 2.05) is 36.2 Å². The van der Waals surface area contributed by atoms with Gasteiger partial charge in [-0.2, -0.15) is 0 Å². The van der Waals surface area contributed by atoms with E-state index in [0.717, 1.165) is 17.1 Å². The summed E-state index contributed by atoms with van der Waals surface area (Å²) in [4.78, 5) is 6.00. The van der Waals surface area contributed by atoms with Crippen LogP contribution in [-0.4, -0.2) is 34.8 Å². The van der Waals surface area contributed by atoms with Gasteiger partial charge in [0, 0.05) is 37.6 Å². The van der Waals surface area contributed by atoms with Crippen LogP contribution in [0.1, 0.15) is 6.92 Å². The van der Waals surface area contributed by atoms with Gasteiger partial charge < -0.3 is 10.6 Å². The molecular formula is C13H17N5. The van der Waals surface area contributed by atoms with E-state index in [1.165, 1.54) is 0 Å². The third kappa shape index (κ3) is 2.62. The number of likely N-dealkylation sites (N-methyl/N-ethyl adjacent to an activating group) is 1. The Morgan fingerprint density at radius 2 is 1.89 bits per heavy atom. The van der Waals surface area contributed by atoms with Crippen molar-refractivity contribution in [3.63, 3.8) is 0 Å². The highest BCUT2D eigenvalue weighted by atomic mass is 15.3. The Bertz CT molecular complexity index is 482. The highest BCUT2D eigenvalue weighted by Crippen LogP contribution is 2.17. The van der Waals surface area contributed by atoms with E-state index < -0.39 is 0 Å². The third-order valence-corrected chi connectivity index (χ3v) is 2.99. The van der Waals surface area contributed by atoms with Crippen molar-refractivity contribution in [1.29, 1.82) is 0 Å². The Labute approximate surface area is 107 Å². The lowest BCUT2D eigenvalue weighted by Gasteiger charge is -2.24. The molecule has 0 spiro atoms. The summed E-state index contributed by atoms with van der Waals surface area (Å²) in [5.41, 5.74) is 7.49. The van der Waals surface area contributed by atoms with E-state index in [-0.39, 0.29) is 6.04 Å². The van der Waals surface area contributed by atoms with Crippen molar-refractivity contribution < 1.29 is 0 Å². The number of hydrogen-bond donors (Lipinski definition) is 1. The normalized spacial score (nSPS) is 12.2. The third-order valence-electron chi connectivity index (χ3n) is 2.99. The van der Waals surface area contributed by atoms with E-state index in [9.17, 15) is 0 Å². The van der Waals surface area contributed by atoms with E-state index in [1.54, 1.807) is 12.4 Å². The standard InChI is InChI=1S/C13H17N5/c1-10(9-14)18(2)13-4-3-12(16-17-13)11-5-7-15-8-6-11/h3-8,10H,9,14H2,1-2H3. The first kappa shape index (κ1) is 12.4. The lowest BCUT2D eigenvalue weighted by atomic mass is 10.2. The van der Waals surface area contributed by atoms with Gasteiger partial charge in [0.05, 0.1) is 5.69 Å². The number of aromatic nitrogens is 3. The molecule has 2 aromatic heterocycles. The maximum atomic E-state index is 5.63. The Hall–Kier alpha value is -2.01. The fourth-order valence-corrected chi connectivity index (χ4v) is 1.57. The Morgan fingerprint density at radius 1 is 1.17 bits per heavy atom. The number of hydrogen-bond acceptors (Lipinski definition) is 5. The maximum Gasteiger partial charge on any atom is 0.151 e. The summed E-state index contributed by atoms with van der Waals surface area (Å²) < 4.78 is 0. The SMILES string of the molecule is CC(CN)N(C)c1ccc(-c2ccncc2)nn1. The maximum absolute atomic E-state index is 5.63. The summed E-state index contributed by atoms with van der Waals surface area (Å²) in [6, 6.07) is 7.98. The van der Waals surface area contributed by atoms with Crippen LogP contribution in [-0.2, 0) is 0 Å². The summed E-state index contributed by atoms with van der Waals surface area (Å²) in [5.74, 6) is 0.825. The van der Waals surface area contributed by atoms with E-state index in [0.29, 0.717) is 6.54 Å². The minimum absolute atomic E-state index is 0.242. The van der Waals surface area contributed by atoms with Crippen LogP contribution in [0.15, 0.2) is 36.7 Å². The average molecular weight is 243 g/mol. The van der Waals surface area contributed by atoms with Crippen LogP contribution in [0.25, 0.3) is 11.3 Å². The topological polar surface area (TPSA) is 67.9 Å². The summed E-state index contributed by atoms with van der Waals surface area (Å²) in [6.45, 7) is 2.64. The molecule has 5 heteroatoms. The van der Waals surface area contributed by atoms with Gasteiger partial charge in [-0.1, -0.05) is 0 Å². The van der Waals surface area contributed by atoms with Gasteiger partial charge in [0.25, 0.3) is 0 Å². The van der Waals surface area contributed by atoms with Gasteiger partial charge in [-0.3, -0.25) is 4.98 Å². The van der Waals surface area contributed by atoms with Gasteiger partial charge >= 0.3 is 0 Å². The molecule has 2 aromatic rings. The zero-order valence-corrected chi connectivity index (χ0v) is 10.6. The van der Waals surface area contributed by atoms with Crippen molar-refractivity contribution >= 4 is 5.82 Å². The molecule has 0 saturated heterocycles. The molecule has 0 aliphatic rings. The predicted octanol–water partition coefficient (Wildman–Crippen LogP) is 1.32. The number of pyridine rings is 1. The second-order valence-corrected chi connectivity index (χ2v) is 4.21. The Kier molecular flexibility index (Phi) is 3.84. The molecule has 2 rings (SSSR count). The second-order valence-electron chi connectivity index (χ2n) is 4.21. The fraction of sp³-hybridized carbons (Fsp3) is 0.308. The van der Waals surface area contributed by atoms with Crippen LogP contribution in [0.3, 0.4) is 0 Å². The quantitative estimate of drug-likeness (QED) is 0.877. The van der Waals surface area contributed by atoms with Crippen molar-refractivity contribution in [1.82, 2.24) is 15.2 Å². The van der Waals surface area contributed by atoms with Crippen LogP contribution in [0, 0.1) is 0 Å². The van der Waals surface area contributed by atoms with Crippen molar-refractivity contribution in [2.45, 2.75) is 13.0 Å². The van der Waals surface area contributed by atoms with Gasteiger partial charge in [0.15, 0.2) is 5.82 Å². The summed E-state index contributed by atoms with van der Waals surface area (Å²) >= 11 is 0. The molecule has 0 radical (unpaired) electrons. The first-order chi connectivity index (χ1) is 8.72. The molecule has 1 unspecified atom stereocenters. The highest BCUT2D eigenvalue weighted by molar-refractivity contribution is 5.58. The molecule has 0 fully saturated rings. The summed E-state index contributed by atoms with van der Waals surface area (Å²) in [7, 11) is 1.97. The van der Waals surface area contributed by atoms with Crippen LogP contribution in [0.2, 0.25) is 0 Å². The van der Waals surface area contributed by atoms with Crippen LogP contribution in [0.5, 0.6) is 0 Å². The molecule has 2 N–H and O–H groups in total. The van der Waals surface area contributed by atoms with Crippen molar-refractivity contribution in [2.75, 3.05) is 18.5 Å². The Morgan fingerprint density at radius 3 is 2.44 bits per heavy atom. The molecule has 0 saturated carbocycles. The largest absolute Gasteiger partial charge is 0.354 e. The van der Waals surface area contributed by atoms with Crippen LogP contribution in [0.4, 0.5) is 5.82 Å². The first-order valence-electron chi connectivity index (χ1n) is 5.89. The van der Waals surface area contributed by atoms with Gasteiger partial charge in [-0.15, -0.1) is 10.2 Å². The molecule has 94 valence electrons. The number of anilines is 1. The van der Waals surface area contributed by atoms with Gasteiger partial charge in [-0.25, -0.2) is 0 Å². The zero-order valence-electron chi connectivity index (χ0n) is 10.6. The van der Waals surface area contributed by atoms with Crippen LogP contribution < -0.4 is 10.6 Å². The molecule has 0 aliphatic carbocycles. The zero-order chi connectivity index (χ0) is 13.0. The molecule has 18 heavy (non-hydrogen) atoms. The lowest BCUT2D eigenvalue weighted by Crippen LogP contribution is -2.35. The monoisotopic (exact) mass is 243 g/mol. The van der Waals surface area contributed by atoms with E-state index >= 15 is 0 Å². The smallest absolute Gasteiger partial charge is 0.151 e. The number of rotatable bonds is 4. The summed E-state index contributed by atoms with van der Waals surface area (Å²) in [6.07, 6.45) is 3.49. The fourth-order valence-electron chi connectivity index (χ4n) is 1.57. The van der Waals surface area contributed by atoms with Gasteiger partial charge in [-0.05, 0) is 31.2 Å². The first-order valence-corrected chi connectivity index (χ1v) is 5.89. The van der Waals surface area contributed by atoms with Crippen molar-refractivity contribution in [2.24, 2.45) is 5.73 Å². The molecule has 0 aromatic carbocycles. The molecule has 0 aliphatic heterocycles. The van der Waals surface area contributed by atoms with Gasteiger partial charge in [0.2, 0.25) is 0 Å². The predicted molar refractivity (Wildman–Crippen MR) is 72.2 cm³/mol. The van der Waals surface area contributed by atoms with E-state index in [4.69, 9.17) is 5.73 Å². The lowest BCUT2D eigenvalue weighted by molar-refractivity contribution is 0.682. The van der Waals surface area contributed by atoms with Crippen molar-refractivity contribution in [3.05, 3.63) is 36.7 Å². The molecule has 5 nitrogen and oxygen atoms in total. The average Bonchev–Trinajstić information content (AvgIpc) is 2.47. The summed E-state index contributed by atoms with van der Waals surface area (Å²) in [5, 5.41) is 8.45. The Balaban J connectivity index is 2.20. The highest BCUT2D eigenvalue weighted by Gasteiger charge is 2.10. The number of nitrogens with two attached hydrogens (primary N) is 1. The molecular weight excluding hydrogens is 226 g/mol. The molecule has 1 atom stereocenters. The van der Waals surface area contributed by atoms with Gasteiger partial charge in [0.1, 0.15) is 0 Å². The van der Waals surface area contributed by atoms with Crippen molar-refractivity contribution in [3.8, 4) is 11.3 Å². The van der Waals surface area contributed by atoms with E-state index in [2.05, 4.69) is 22.1 Å². The second kappa shape index (κ2) is 5.55. The molecule has 2 heterocycles. The minimum atomic E-state index is 0.242. The minimum Gasteiger partial charge on any atom is -0.354 e. The van der Waals surface area contributed by atoms with Crippen LogP contribution >= 0.6 is 0 Å².